The van der Waals surface area contributed by atoms with E-state index in [-0.39, 0.29) is 25.4 Å². The minimum atomic E-state index is -0.563. The maximum Gasteiger partial charge on any atom is 0.412 e. The molecule has 1 saturated heterocycles. The second kappa shape index (κ2) is 8.33. The third-order valence-electron chi connectivity index (χ3n) is 3.66. The van der Waals surface area contributed by atoms with Crippen molar-refractivity contribution in [1.29, 1.82) is 0 Å². The highest BCUT2D eigenvalue weighted by Gasteiger charge is 2.38. The number of rotatable bonds is 7. The number of epoxide rings is 1. The van der Waals surface area contributed by atoms with E-state index in [0.29, 0.717) is 18.0 Å². The van der Waals surface area contributed by atoms with Crippen LogP contribution in [0.25, 0.3) is 0 Å². The van der Waals surface area contributed by atoms with Gasteiger partial charge in [-0.2, -0.15) is 0 Å². The summed E-state index contributed by atoms with van der Waals surface area (Å²) in [5.41, 5.74) is 1.41. The van der Waals surface area contributed by atoms with Gasteiger partial charge in [0.05, 0.1) is 12.3 Å². The molecule has 1 aliphatic rings. The molecule has 1 heterocycles. The van der Waals surface area contributed by atoms with Crippen LogP contribution in [-0.2, 0) is 16.1 Å². The number of carbonyl (C=O) groups is 1. The minimum absolute atomic E-state index is 0.0244. The molecule has 0 bridgehead atoms. The van der Waals surface area contributed by atoms with E-state index in [1.807, 2.05) is 30.3 Å². The average molecular weight is 408 g/mol. The van der Waals surface area contributed by atoms with Crippen molar-refractivity contribution in [3.63, 3.8) is 0 Å². The standard InChI is InChI=1S/C18H18BrNO5/c19-13-6-7-14(15(8-13)23-11-17-16(9-21)25-17)20-18(22)24-10-12-4-2-1-3-5-12/h1-8,16-17,21H,9-11H2,(H,20,22). The van der Waals surface area contributed by atoms with Crippen molar-refractivity contribution in [2.45, 2.75) is 18.8 Å². The van der Waals surface area contributed by atoms with E-state index in [1.165, 1.54) is 0 Å². The van der Waals surface area contributed by atoms with E-state index in [2.05, 4.69) is 21.2 Å². The van der Waals surface area contributed by atoms with Crippen molar-refractivity contribution < 1.29 is 24.1 Å². The Morgan fingerprint density at radius 2 is 2.00 bits per heavy atom. The molecular formula is C18H18BrNO5. The molecule has 0 aliphatic carbocycles. The van der Waals surface area contributed by atoms with E-state index in [9.17, 15) is 4.79 Å². The summed E-state index contributed by atoms with van der Waals surface area (Å²) in [6, 6.07) is 14.7. The van der Waals surface area contributed by atoms with Gasteiger partial charge < -0.3 is 19.3 Å². The van der Waals surface area contributed by atoms with Gasteiger partial charge in [0.15, 0.2) is 0 Å². The van der Waals surface area contributed by atoms with Gasteiger partial charge in [0.25, 0.3) is 0 Å². The summed E-state index contributed by atoms with van der Waals surface area (Å²) in [5.74, 6) is 0.498. The highest BCUT2D eigenvalue weighted by molar-refractivity contribution is 9.10. The van der Waals surface area contributed by atoms with Crippen LogP contribution in [0.2, 0.25) is 0 Å². The molecule has 25 heavy (non-hydrogen) atoms. The molecule has 2 aromatic carbocycles. The van der Waals surface area contributed by atoms with Crippen LogP contribution >= 0.6 is 15.9 Å². The van der Waals surface area contributed by atoms with Crippen LogP contribution in [0.1, 0.15) is 5.56 Å². The second-order valence-corrected chi connectivity index (χ2v) is 6.45. The monoisotopic (exact) mass is 407 g/mol. The van der Waals surface area contributed by atoms with E-state index < -0.39 is 6.09 Å². The van der Waals surface area contributed by atoms with Gasteiger partial charge in [0.1, 0.15) is 31.2 Å². The summed E-state index contributed by atoms with van der Waals surface area (Å²) >= 11 is 3.38. The van der Waals surface area contributed by atoms with E-state index in [0.717, 1.165) is 10.0 Å². The van der Waals surface area contributed by atoms with Crippen LogP contribution in [0.3, 0.4) is 0 Å². The third-order valence-corrected chi connectivity index (χ3v) is 4.16. The van der Waals surface area contributed by atoms with Crippen LogP contribution in [0.15, 0.2) is 53.0 Å². The number of carbonyl (C=O) groups excluding carboxylic acids is 1. The summed E-state index contributed by atoms with van der Waals surface area (Å²) in [6.07, 6.45) is -0.854. The Morgan fingerprint density at radius 3 is 2.72 bits per heavy atom. The molecule has 0 aromatic heterocycles. The number of halogens is 1. The zero-order valence-electron chi connectivity index (χ0n) is 13.4. The molecule has 1 amide bonds. The van der Waals surface area contributed by atoms with Crippen molar-refractivity contribution in [3.05, 3.63) is 58.6 Å². The predicted molar refractivity (Wildman–Crippen MR) is 95.6 cm³/mol. The molecule has 1 aliphatic heterocycles. The summed E-state index contributed by atoms with van der Waals surface area (Å²) in [6.45, 7) is 0.465. The van der Waals surface area contributed by atoms with Gasteiger partial charge >= 0.3 is 6.09 Å². The number of amides is 1. The normalized spacial score (nSPS) is 18.5. The van der Waals surface area contributed by atoms with E-state index >= 15 is 0 Å². The van der Waals surface area contributed by atoms with Crippen molar-refractivity contribution in [3.8, 4) is 5.75 Å². The van der Waals surface area contributed by atoms with Crippen LogP contribution < -0.4 is 10.1 Å². The molecular weight excluding hydrogens is 390 g/mol. The summed E-state index contributed by atoms with van der Waals surface area (Å²) in [4.78, 5) is 12.0. The minimum Gasteiger partial charge on any atom is -0.489 e. The Kier molecular flexibility index (Phi) is 5.91. The van der Waals surface area contributed by atoms with Crippen molar-refractivity contribution >= 4 is 27.7 Å². The largest absolute Gasteiger partial charge is 0.489 e. The molecule has 2 atom stereocenters. The Balaban J connectivity index is 1.56. The number of ether oxygens (including phenoxy) is 3. The van der Waals surface area contributed by atoms with Crippen molar-refractivity contribution in [2.24, 2.45) is 0 Å². The number of aliphatic hydroxyl groups excluding tert-OH is 1. The zero-order valence-corrected chi connectivity index (χ0v) is 14.9. The molecule has 0 spiro atoms. The number of nitrogens with one attached hydrogen (secondary N) is 1. The maximum atomic E-state index is 12.0. The lowest BCUT2D eigenvalue weighted by molar-refractivity contribution is 0.155. The number of hydrogen-bond donors (Lipinski definition) is 2. The van der Waals surface area contributed by atoms with Gasteiger partial charge in [-0.3, -0.25) is 5.32 Å². The molecule has 6 nitrogen and oxygen atoms in total. The highest BCUT2D eigenvalue weighted by Crippen LogP contribution is 2.30. The quantitative estimate of drug-likeness (QED) is 0.687. The zero-order chi connectivity index (χ0) is 17.6. The first-order chi connectivity index (χ1) is 12.2. The van der Waals surface area contributed by atoms with Gasteiger partial charge in [-0.1, -0.05) is 46.3 Å². The fourth-order valence-corrected chi connectivity index (χ4v) is 2.59. The summed E-state index contributed by atoms with van der Waals surface area (Å²) in [7, 11) is 0. The third kappa shape index (κ3) is 5.19. The molecule has 2 unspecified atom stereocenters. The molecule has 3 rings (SSSR count). The number of hydrogen-bond acceptors (Lipinski definition) is 5. The molecule has 0 saturated carbocycles. The number of aliphatic hydroxyl groups is 1. The first-order valence-corrected chi connectivity index (χ1v) is 8.61. The Labute approximate surface area is 153 Å². The number of anilines is 1. The Hall–Kier alpha value is -2.09. The Bertz CT molecular complexity index is 725. The van der Waals surface area contributed by atoms with Crippen LogP contribution in [0, 0.1) is 0 Å². The maximum absolute atomic E-state index is 12.0. The van der Waals surface area contributed by atoms with Gasteiger partial charge in [-0.25, -0.2) is 4.79 Å². The molecule has 132 valence electrons. The first kappa shape index (κ1) is 17.7. The molecule has 1 fully saturated rings. The molecule has 7 heteroatoms. The second-order valence-electron chi connectivity index (χ2n) is 5.53. The van der Waals surface area contributed by atoms with Crippen LogP contribution in [0.4, 0.5) is 10.5 Å². The summed E-state index contributed by atoms with van der Waals surface area (Å²) < 4.78 is 17.0. The Morgan fingerprint density at radius 1 is 1.20 bits per heavy atom. The molecule has 2 N–H and O–H groups in total. The molecule has 0 radical (unpaired) electrons. The van der Waals surface area contributed by atoms with Crippen molar-refractivity contribution in [2.75, 3.05) is 18.5 Å². The topological polar surface area (TPSA) is 80.3 Å². The highest BCUT2D eigenvalue weighted by atomic mass is 79.9. The smallest absolute Gasteiger partial charge is 0.412 e. The van der Waals surface area contributed by atoms with Gasteiger partial charge in [-0.05, 0) is 23.8 Å². The van der Waals surface area contributed by atoms with Crippen molar-refractivity contribution in [1.82, 2.24) is 0 Å². The lowest BCUT2D eigenvalue weighted by atomic mass is 10.2. The summed E-state index contributed by atoms with van der Waals surface area (Å²) in [5, 5.41) is 11.7. The molecule has 2 aromatic rings. The van der Waals surface area contributed by atoms with Gasteiger partial charge in [0.2, 0.25) is 0 Å². The predicted octanol–water partition coefficient (Wildman–Crippen LogP) is 3.34. The fourth-order valence-electron chi connectivity index (χ4n) is 2.25. The van der Waals surface area contributed by atoms with E-state index in [4.69, 9.17) is 19.3 Å². The first-order valence-electron chi connectivity index (χ1n) is 7.82. The van der Waals surface area contributed by atoms with Crippen LogP contribution in [0.5, 0.6) is 5.75 Å². The van der Waals surface area contributed by atoms with Gasteiger partial charge in [0, 0.05) is 4.47 Å². The van der Waals surface area contributed by atoms with Crippen LogP contribution in [-0.4, -0.2) is 36.6 Å². The van der Waals surface area contributed by atoms with Gasteiger partial charge in [-0.15, -0.1) is 0 Å². The van der Waals surface area contributed by atoms with E-state index in [1.54, 1.807) is 18.2 Å². The fraction of sp³-hybridized carbons (Fsp3) is 0.278. The number of benzene rings is 2. The SMILES string of the molecule is O=C(Nc1ccc(Br)cc1OCC1OC1CO)OCc1ccccc1. The lowest BCUT2D eigenvalue weighted by Gasteiger charge is -2.13. The average Bonchev–Trinajstić information content (AvgIpc) is 3.40. The lowest BCUT2D eigenvalue weighted by Crippen LogP contribution is -2.15.